The molecule has 1 aromatic rings. The van der Waals surface area contributed by atoms with E-state index in [1.807, 2.05) is 25.1 Å². The third kappa shape index (κ3) is 2.22. The molecule has 64 valence electrons. The van der Waals surface area contributed by atoms with Crippen molar-refractivity contribution in [2.24, 2.45) is 4.99 Å². The molecular weight excluding hydrogens is 180 g/mol. The van der Waals surface area contributed by atoms with Gasteiger partial charge in [-0.2, -0.15) is 5.26 Å². The van der Waals surface area contributed by atoms with Crippen LogP contribution in [0, 0.1) is 18.3 Å². The maximum absolute atomic E-state index is 8.86. The molecule has 0 aromatic heterocycles. The molecule has 0 saturated carbocycles. The Labute approximate surface area is 82.5 Å². The third-order valence-electron chi connectivity index (χ3n) is 1.78. The average molecular weight is 188 g/mol. The highest BCUT2D eigenvalue weighted by Crippen LogP contribution is 2.13. The zero-order valence-electron chi connectivity index (χ0n) is 7.24. The molecule has 2 nitrogen and oxygen atoms in total. The normalized spacial score (nSPS) is 8.62. The smallest absolute Gasteiger partial charge is 0.0998 e. The summed E-state index contributed by atoms with van der Waals surface area (Å²) in [5, 5.41) is 11.1. The standard InChI is InChI=1S/C10H8N2S/c1-8-3-2-4-9(6-12-7-13)10(8)5-11/h2-4H,6H2,1H3. The van der Waals surface area contributed by atoms with E-state index in [4.69, 9.17) is 5.26 Å². The Bertz CT molecular complexity index is 398. The first-order chi connectivity index (χ1) is 6.29. The van der Waals surface area contributed by atoms with Crippen LogP contribution in [-0.2, 0) is 6.54 Å². The SMILES string of the molecule is Cc1cccc(CN=C=S)c1C#N. The number of hydrogen-bond donors (Lipinski definition) is 0. The minimum Gasteiger partial charge on any atom is -0.228 e. The lowest BCUT2D eigenvalue weighted by molar-refractivity contribution is 1.07. The van der Waals surface area contributed by atoms with Crippen LogP contribution in [0.4, 0.5) is 0 Å². The monoisotopic (exact) mass is 188 g/mol. The van der Waals surface area contributed by atoms with Gasteiger partial charge >= 0.3 is 0 Å². The van der Waals surface area contributed by atoms with Crippen molar-refractivity contribution in [3.63, 3.8) is 0 Å². The van der Waals surface area contributed by atoms with Gasteiger partial charge in [-0.1, -0.05) is 18.2 Å². The summed E-state index contributed by atoms with van der Waals surface area (Å²) in [6, 6.07) is 7.84. The lowest BCUT2D eigenvalue weighted by Crippen LogP contribution is -1.90. The van der Waals surface area contributed by atoms with E-state index in [1.54, 1.807) is 0 Å². The van der Waals surface area contributed by atoms with Crippen molar-refractivity contribution in [2.45, 2.75) is 13.5 Å². The van der Waals surface area contributed by atoms with Crippen molar-refractivity contribution < 1.29 is 0 Å². The van der Waals surface area contributed by atoms with Crippen LogP contribution in [-0.4, -0.2) is 5.16 Å². The van der Waals surface area contributed by atoms with Gasteiger partial charge in [-0.3, -0.25) is 0 Å². The summed E-state index contributed by atoms with van der Waals surface area (Å²) in [7, 11) is 0. The third-order valence-corrected chi connectivity index (χ3v) is 1.91. The number of nitrogens with zero attached hydrogens (tertiary/aromatic N) is 2. The minimum atomic E-state index is 0.439. The maximum Gasteiger partial charge on any atom is 0.0998 e. The number of benzene rings is 1. The fourth-order valence-corrected chi connectivity index (χ4v) is 1.20. The number of isothiocyanates is 1. The number of hydrogen-bond acceptors (Lipinski definition) is 3. The van der Waals surface area contributed by atoms with Gasteiger partial charge < -0.3 is 0 Å². The van der Waals surface area contributed by atoms with E-state index in [1.165, 1.54) is 0 Å². The summed E-state index contributed by atoms with van der Waals surface area (Å²) < 4.78 is 0. The van der Waals surface area contributed by atoms with Crippen LogP contribution >= 0.6 is 12.2 Å². The highest BCUT2D eigenvalue weighted by atomic mass is 32.1. The molecule has 0 amide bonds. The summed E-state index contributed by atoms with van der Waals surface area (Å²) >= 11 is 4.46. The van der Waals surface area contributed by atoms with Crippen LogP contribution in [0.2, 0.25) is 0 Å². The van der Waals surface area contributed by atoms with Gasteiger partial charge in [-0.25, -0.2) is 4.99 Å². The Balaban J connectivity index is 3.14. The number of nitriles is 1. The molecule has 0 aliphatic heterocycles. The lowest BCUT2D eigenvalue weighted by atomic mass is 10.0. The molecule has 3 heteroatoms. The Morgan fingerprint density at radius 3 is 2.92 bits per heavy atom. The summed E-state index contributed by atoms with van der Waals surface area (Å²) in [6.45, 7) is 2.34. The van der Waals surface area contributed by atoms with Gasteiger partial charge in [0.2, 0.25) is 0 Å². The molecule has 0 atom stereocenters. The number of thiocarbonyl (C=S) groups is 1. The highest BCUT2D eigenvalue weighted by molar-refractivity contribution is 7.78. The fourth-order valence-electron chi connectivity index (χ4n) is 1.14. The Morgan fingerprint density at radius 1 is 1.54 bits per heavy atom. The molecule has 0 unspecified atom stereocenters. The van der Waals surface area contributed by atoms with E-state index < -0.39 is 0 Å². The first kappa shape index (κ1) is 9.60. The van der Waals surface area contributed by atoms with Gasteiger partial charge in [0.05, 0.1) is 23.3 Å². The second-order valence-corrected chi connectivity index (χ2v) is 2.81. The van der Waals surface area contributed by atoms with Crippen molar-refractivity contribution in [1.82, 2.24) is 0 Å². The van der Waals surface area contributed by atoms with E-state index in [2.05, 4.69) is 28.4 Å². The summed E-state index contributed by atoms with van der Waals surface area (Å²) in [6.07, 6.45) is 0. The maximum atomic E-state index is 8.86. The highest BCUT2D eigenvalue weighted by Gasteiger charge is 2.02. The van der Waals surface area contributed by atoms with Gasteiger partial charge in [0.25, 0.3) is 0 Å². The molecule has 0 spiro atoms. The molecule has 0 aliphatic carbocycles. The van der Waals surface area contributed by atoms with E-state index >= 15 is 0 Å². The molecule has 0 aliphatic rings. The zero-order valence-corrected chi connectivity index (χ0v) is 8.06. The predicted octanol–water partition coefficient (Wildman–Crippen LogP) is 2.47. The Kier molecular flexibility index (Phi) is 3.33. The second-order valence-electron chi connectivity index (χ2n) is 2.63. The quantitative estimate of drug-likeness (QED) is 0.528. The Morgan fingerprint density at radius 2 is 2.31 bits per heavy atom. The summed E-state index contributed by atoms with van der Waals surface area (Å²) in [4.78, 5) is 3.81. The van der Waals surface area contributed by atoms with Gasteiger partial charge in [-0.05, 0) is 30.3 Å². The van der Waals surface area contributed by atoms with Crippen LogP contribution in [0.3, 0.4) is 0 Å². The van der Waals surface area contributed by atoms with Crippen LogP contribution < -0.4 is 0 Å². The summed E-state index contributed by atoms with van der Waals surface area (Å²) in [5.74, 6) is 0. The number of aliphatic imine (C=N–C) groups is 1. The number of rotatable bonds is 2. The molecule has 1 aromatic carbocycles. The first-order valence-corrected chi connectivity index (χ1v) is 4.22. The molecule has 0 bridgehead atoms. The van der Waals surface area contributed by atoms with Gasteiger partial charge in [0, 0.05) is 0 Å². The molecule has 13 heavy (non-hydrogen) atoms. The molecule has 0 fully saturated rings. The van der Waals surface area contributed by atoms with Crippen molar-refractivity contribution in [3.05, 3.63) is 34.9 Å². The van der Waals surface area contributed by atoms with Gasteiger partial charge in [0.15, 0.2) is 0 Å². The van der Waals surface area contributed by atoms with Crippen LogP contribution in [0.25, 0.3) is 0 Å². The number of aryl methyl sites for hydroxylation is 1. The predicted molar refractivity (Wildman–Crippen MR) is 54.6 cm³/mol. The summed E-state index contributed by atoms with van der Waals surface area (Å²) in [5.41, 5.74) is 2.57. The van der Waals surface area contributed by atoms with E-state index in [-0.39, 0.29) is 0 Å². The van der Waals surface area contributed by atoms with E-state index in [0.29, 0.717) is 12.1 Å². The van der Waals surface area contributed by atoms with Crippen molar-refractivity contribution in [2.75, 3.05) is 0 Å². The molecule has 0 heterocycles. The molecule has 1 rings (SSSR count). The van der Waals surface area contributed by atoms with Crippen molar-refractivity contribution in [3.8, 4) is 6.07 Å². The van der Waals surface area contributed by atoms with Crippen LogP contribution in [0.15, 0.2) is 23.2 Å². The van der Waals surface area contributed by atoms with Crippen LogP contribution in [0.5, 0.6) is 0 Å². The zero-order chi connectivity index (χ0) is 9.68. The molecule has 0 saturated heterocycles. The second kappa shape index (κ2) is 4.51. The van der Waals surface area contributed by atoms with Crippen molar-refractivity contribution in [1.29, 1.82) is 5.26 Å². The van der Waals surface area contributed by atoms with Crippen molar-refractivity contribution >= 4 is 17.4 Å². The fraction of sp³-hybridized carbons (Fsp3) is 0.200. The van der Waals surface area contributed by atoms with Crippen LogP contribution in [0.1, 0.15) is 16.7 Å². The Hall–Kier alpha value is -1.49. The molecular formula is C10H8N2S. The average Bonchev–Trinajstić information content (AvgIpc) is 2.15. The van der Waals surface area contributed by atoms with E-state index in [9.17, 15) is 0 Å². The van der Waals surface area contributed by atoms with Gasteiger partial charge in [-0.15, -0.1) is 0 Å². The van der Waals surface area contributed by atoms with E-state index in [0.717, 1.165) is 11.1 Å². The molecule has 0 radical (unpaired) electrons. The van der Waals surface area contributed by atoms with Gasteiger partial charge in [0.1, 0.15) is 0 Å². The lowest BCUT2D eigenvalue weighted by Gasteiger charge is -2.01. The first-order valence-electron chi connectivity index (χ1n) is 3.82. The molecule has 0 N–H and O–H groups in total. The topological polar surface area (TPSA) is 36.1 Å². The largest absolute Gasteiger partial charge is 0.228 e. The minimum absolute atomic E-state index is 0.439.